The first-order valence-electron chi connectivity index (χ1n) is 8.01. The Labute approximate surface area is 127 Å². The van der Waals surface area contributed by atoms with Crippen LogP contribution in [-0.2, 0) is 6.54 Å². The topological polar surface area (TPSA) is 58.4 Å². The minimum absolute atomic E-state index is 0.350. The van der Waals surface area contributed by atoms with Crippen LogP contribution in [-0.4, -0.2) is 37.0 Å². The number of carbonyl (C=O) groups excluding carboxylic acids is 1. The van der Waals surface area contributed by atoms with Crippen LogP contribution in [0.1, 0.15) is 42.1 Å². The number of hydrogen-bond donors (Lipinski definition) is 2. The molecule has 116 valence electrons. The molecule has 2 rings (SSSR count). The first-order chi connectivity index (χ1) is 10.2. The molecule has 3 N–H and O–H groups in total. The van der Waals surface area contributed by atoms with Gasteiger partial charge in [-0.3, -0.25) is 9.69 Å². The van der Waals surface area contributed by atoms with Crippen molar-refractivity contribution in [3.05, 3.63) is 35.4 Å². The van der Waals surface area contributed by atoms with Gasteiger partial charge in [-0.2, -0.15) is 0 Å². The molecule has 0 bridgehead atoms. The van der Waals surface area contributed by atoms with Gasteiger partial charge in [-0.1, -0.05) is 19.1 Å². The number of carbonyl (C=O) groups is 1. The highest BCUT2D eigenvalue weighted by Gasteiger charge is 2.17. The summed E-state index contributed by atoms with van der Waals surface area (Å²) in [5, 5.41) is 3.42. The summed E-state index contributed by atoms with van der Waals surface area (Å²) in [5.74, 6) is 0.439. The van der Waals surface area contributed by atoms with Gasteiger partial charge in [0.15, 0.2) is 0 Å². The van der Waals surface area contributed by atoms with Crippen LogP contribution >= 0.6 is 0 Å². The summed E-state index contributed by atoms with van der Waals surface area (Å²) in [6, 6.07) is 7.71. The SMILES string of the molecule is CCCN(Cc1cccc(C(N)=O)c1)CC1CCNCC1. The lowest BCUT2D eigenvalue weighted by Gasteiger charge is -2.30. The number of nitrogens with two attached hydrogens (primary N) is 1. The summed E-state index contributed by atoms with van der Waals surface area (Å²) < 4.78 is 0. The van der Waals surface area contributed by atoms with E-state index in [2.05, 4.69) is 23.2 Å². The Morgan fingerprint density at radius 3 is 2.81 bits per heavy atom. The zero-order valence-electron chi connectivity index (χ0n) is 13.0. The van der Waals surface area contributed by atoms with Gasteiger partial charge in [0.05, 0.1) is 0 Å². The van der Waals surface area contributed by atoms with Gasteiger partial charge in [-0.15, -0.1) is 0 Å². The summed E-state index contributed by atoms with van der Waals surface area (Å²) in [4.78, 5) is 13.8. The van der Waals surface area contributed by atoms with Gasteiger partial charge in [0.1, 0.15) is 0 Å². The molecule has 1 aromatic carbocycles. The standard InChI is InChI=1S/C17H27N3O/c1-2-10-20(12-14-6-8-19-9-7-14)13-15-4-3-5-16(11-15)17(18)21/h3-5,11,14,19H,2,6-10,12-13H2,1H3,(H2,18,21). The molecule has 0 aliphatic carbocycles. The minimum atomic E-state index is -0.350. The fraction of sp³-hybridized carbons (Fsp3) is 0.588. The Morgan fingerprint density at radius 2 is 2.14 bits per heavy atom. The van der Waals surface area contributed by atoms with E-state index in [1.165, 1.54) is 18.4 Å². The van der Waals surface area contributed by atoms with E-state index < -0.39 is 0 Å². The van der Waals surface area contributed by atoms with E-state index in [4.69, 9.17) is 5.73 Å². The lowest BCUT2D eigenvalue weighted by atomic mass is 9.97. The summed E-state index contributed by atoms with van der Waals surface area (Å²) in [6.45, 7) is 7.65. The normalized spacial score (nSPS) is 16.3. The van der Waals surface area contributed by atoms with Crippen LogP contribution in [0.3, 0.4) is 0 Å². The van der Waals surface area contributed by atoms with Crippen LogP contribution in [0, 0.1) is 5.92 Å². The maximum atomic E-state index is 11.3. The van der Waals surface area contributed by atoms with E-state index in [1.807, 2.05) is 12.1 Å². The quantitative estimate of drug-likeness (QED) is 0.807. The third-order valence-corrected chi connectivity index (χ3v) is 4.13. The third-order valence-electron chi connectivity index (χ3n) is 4.13. The molecule has 1 amide bonds. The Morgan fingerprint density at radius 1 is 1.38 bits per heavy atom. The maximum absolute atomic E-state index is 11.3. The van der Waals surface area contributed by atoms with E-state index in [9.17, 15) is 4.79 Å². The number of piperidine rings is 1. The molecule has 1 saturated heterocycles. The Bertz CT molecular complexity index is 455. The average molecular weight is 289 g/mol. The zero-order valence-corrected chi connectivity index (χ0v) is 13.0. The molecule has 0 spiro atoms. The van der Waals surface area contributed by atoms with Crippen LogP contribution in [0.4, 0.5) is 0 Å². The fourth-order valence-corrected chi connectivity index (χ4v) is 3.06. The van der Waals surface area contributed by atoms with Crippen molar-refractivity contribution in [2.75, 3.05) is 26.2 Å². The number of hydrogen-bond acceptors (Lipinski definition) is 3. The highest BCUT2D eigenvalue weighted by atomic mass is 16.1. The van der Waals surface area contributed by atoms with Crippen LogP contribution in [0.15, 0.2) is 24.3 Å². The second-order valence-electron chi connectivity index (χ2n) is 5.99. The summed E-state index contributed by atoms with van der Waals surface area (Å²) in [7, 11) is 0. The summed E-state index contributed by atoms with van der Waals surface area (Å²) in [6.07, 6.45) is 3.68. The van der Waals surface area contributed by atoms with Crippen LogP contribution in [0.5, 0.6) is 0 Å². The largest absolute Gasteiger partial charge is 0.366 e. The second-order valence-corrected chi connectivity index (χ2v) is 5.99. The van der Waals surface area contributed by atoms with E-state index in [-0.39, 0.29) is 5.91 Å². The molecule has 0 unspecified atom stereocenters. The van der Waals surface area contributed by atoms with Crippen molar-refractivity contribution in [2.45, 2.75) is 32.7 Å². The number of nitrogens with zero attached hydrogens (tertiary/aromatic N) is 1. The van der Waals surface area contributed by atoms with Gasteiger partial charge in [-0.25, -0.2) is 0 Å². The predicted octanol–water partition coefficient (Wildman–Crippen LogP) is 2.00. The molecule has 21 heavy (non-hydrogen) atoms. The lowest BCUT2D eigenvalue weighted by molar-refractivity contribution is 0.1000. The van der Waals surface area contributed by atoms with Crippen molar-refractivity contribution in [2.24, 2.45) is 11.7 Å². The zero-order chi connectivity index (χ0) is 15.1. The van der Waals surface area contributed by atoms with Gasteiger partial charge in [0.25, 0.3) is 0 Å². The number of primary amides is 1. The van der Waals surface area contributed by atoms with Crippen LogP contribution in [0.2, 0.25) is 0 Å². The molecule has 0 aromatic heterocycles. The highest BCUT2D eigenvalue weighted by Crippen LogP contribution is 2.16. The van der Waals surface area contributed by atoms with Crippen LogP contribution in [0.25, 0.3) is 0 Å². The lowest BCUT2D eigenvalue weighted by Crippen LogP contribution is -2.36. The van der Waals surface area contributed by atoms with E-state index >= 15 is 0 Å². The number of nitrogens with one attached hydrogen (secondary N) is 1. The second kappa shape index (κ2) is 8.15. The average Bonchev–Trinajstić information content (AvgIpc) is 2.49. The molecule has 1 fully saturated rings. The highest BCUT2D eigenvalue weighted by molar-refractivity contribution is 5.92. The van der Waals surface area contributed by atoms with E-state index in [1.54, 1.807) is 6.07 Å². The summed E-state index contributed by atoms with van der Waals surface area (Å²) in [5.41, 5.74) is 7.14. The Hall–Kier alpha value is -1.39. The monoisotopic (exact) mass is 289 g/mol. The molecular weight excluding hydrogens is 262 g/mol. The van der Waals surface area contributed by atoms with Gasteiger partial charge in [-0.05, 0) is 62.5 Å². The van der Waals surface area contributed by atoms with Gasteiger partial charge in [0, 0.05) is 18.7 Å². The van der Waals surface area contributed by atoms with Crippen molar-refractivity contribution < 1.29 is 4.79 Å². The van der Waals surface area contributed by atoms with Crippen molar-refractivity contribution in [3.63, 3.8) is 0 Å². The molecular formula is C17H27N3O. The van der Waals surface area contributed by atoms with Gasteiger partial charge in [0.2, 0.25) is 5.91 Å². The Balaban J connectivity index is 1.97. The van der Waals surface area contributed by atoms with Crippen LogP contribution < -0.4 is 11.1 Å². The van der Waals surface area contributed by atoms with E-state index in [0.717, 1.165) is 45.1 Å². The van der Waals surface area contributed by atoms with E-state index in [0.29, 0.717) is 5.56 Å². The fourth-order valence-electron chi connectivity index (χ4n) is 3.06. The number of rotatable bonds is 7. The third kappa shape index (κ3) is 5.14. The smallest absolute Gasteiger partial charge is 0.248 e. The summed E-state index contributed by atoms with van der Waals surface area (Å²) >= 11 is 0. The van der Waals surface area contributed by atoms with Crippen molar-refractivity contribution in [1.29, 1.82) is 0 Å². The number of benzene rings is 1. The van der Waals surface area contributed by atoms with Crippen molar-refractivity contribution >= 4 is 5.91 Å². The van der Waals surface area contributed by atoms with Gasteiger partial charge < -0.3 is 11.1 Å². The predicted molar refractivity (Wildman–Crippen MR) is 86.1 cm³/mol. The minimum Gasteiger partial charge on any atom is -0.366 e. The first kappa shape index (κ1) is 16.0. The van der Waals surface area contributed by atoms with Crippen molar-refractivity contribution in [1.82, 2.24) is 10.2 Å². The molecule has 4 heteroatoms. The molecule has 1 aliphatic heterocycles. The molecule has 4 nitrogen and oxygen atoms in total. The molecule has 1 heterocycles. The Kier molecular flexibility index (Phi) is 6.21. The molecule has 1 aliphatic rings. The first-order valence-corrected chi connectivity index (χ1v) is 8.01. The van der Waals surface area contributed by atoms with Crippen molar-refractivity contribution in [3.8, 4) is 0 Å². The maximum Gasteiger partial charge on any atom is 0.248 e. The molecule has 0 atom stereocenters. The molecule has 0 saturated carbocycles. The molecule has 1 aromatic rings. The number of amides is 1. The molecule has 0 radical (unpaired) electrons. The van der Waals surface area contributed by atoms with Gasteiger partial charge >= 0.3 is 0 Å².